The molecule has 116 valence electrons. The number of urea groups is 1. The van der Waals surface area contributed by atoms with Gasteiger partial charge in [0.05, 0.1) is 6.04 Å². The molecule has 22 heavy (non-hydrogen) atoms. The first-order valence-corrected chi connectivity index (χ1v) is 7.85. The van der Waals surface area contributed by atoms with Crippen molar-refractivity contribution in [1.82, 2.24) is 9.47 Å². The molecular weight excluding hydrogens is 274 g/mol. The number of aromatic nitrogens is 1. The summed E-state index contributed by atoms with van der Waals surface area (Å²) in [6.07, 6.45) is 2.10. The number of nitrogens with zero attached hydrogens (tertiary/aromatic N) is 2. The number of anilines is 1. The highest BCUT2D eigenvalue weighted by Gasteiger charge is 2.32. The molecule has 0 fully saturated rings. The molecule has 1 unspecified atom stereocenters. The zero-order chi connectivity index (χ0) is 15.7. The van der Waals surface area contributed by atoms with E-state index in [1.165, 1.54) is 5.69 Å². The van der Waals surface area contributed by atoms with E-state index in [0.29, 0.717) is 5.92 Å². The highest BCUT2D eigenvalue weighted by atomic mass is 16.2. The van der Waals surface area contributed by atoms with Crippen molar-refractivity contribution in [2.24, 2.45) is 5.92 Å². The Kier molecular flexibility index (Phi) is 3.92. The van der Waals surface area contributed by atoms with E-state index >= 15 is 0 Å². The molecule has 2 amide bonds. The van der Waals surface area contributed by atoms with Crippen LogP contribution in [0.3, 0.4) is 0 Å². The van der Waals surface area contributed by atoms with Crippen molar-refractivity contribution in [2.45, 2.75) is 33.4 Å². The van der Waals surface area contributed by atoms with Crippen LogP contribution in [0.5, 0.6) is 0 Å². The van der Waals surface area contributed by atoms with Gasteiger partial charge in [0.2, 0.25) is 0 Å². The predicted molar refractivity (Wildman–Crippen MR) is 88.9 cm³/mol. The lowest BCUT2D eigenvalue weighted by Crippen LogP contribution is -2.45. The molecule has 0 saturated carbocycles. The highest BCUT2D eigenvalue weighted by Crippen LogP contribution is 2.32. The van der Waals surface area contributed by atoms with Gasteiger partial charge in [-0.15, -0.1) is 0 Å². The van der Waals surface area contributed by atoms with Crippen LogP contribution < -0.4 is 5.32 Å². The molecular formula is C18H23N3O. The fourth-order valence-corrected chi connectivity index (χ4v) is 3.26. The Morgan fingerprint density at radius 1 is 1.23 bits per heavy atom. The van der Waals surface area contributed by atoms with Gasteiger partial charge in [-0.05, 0) is 42.7 Å². The van der Waals surface area contributed by atoms with Crippen LogP contribution >= 0.6 is 0 Å². The maximum absolute atomic E-state index is 12.7. The molecule has 1 aliphatic rings. The average Bonchev–Trinajstić information content (AvgIpc) is 2.94. The second-order valence-corrected chi connectivity index (χ2v) is 6.31. The van der Waals surface area contributed by atoms with Gasteiger partial charge in [0.1, 0.15) is 0 Å². The zero-order valence-corrected chi connectivity index (χ0v) is 13.4. The summed E-state index contributed by atoms with van der Waals surface area (Å²) in [5, 5.41) is 3.04. The van der Waals surface area contributed by atoms with E-state index in [0.717, 1.165) is 24.3 Å². The molecule has 4 heteroatoms. The molecule has 1 aliphatic heterocycles. The lowest BCUT2D eigenvalue weighted by atomic mass is 9.97. The number of carbonyl (C=O) groups excluding carboxylic acids is 1. The highest BCUT2D eigenvalue weighted by molar-refractivity contribution is 5.89. The van der Waals surface area contributed by atoms with Crippen molar-refractivity contribution in [3.63, 3.8) is 0 Å². The Labute approximate surface area is 131 Å². The fraction of sp³-hybridized carbons (Fsp3) is 0.389. The van der Waals surface area contributed by atoms with Gasteiger partial charge in [-0.25, -0.2) is 4.79 Å². The van der Waals surface area contributed by atoms with Crippen molar-refractivity contribution in [2.75, 3.05) is 11.9 Å². The van der Waals surface area contributed by atoms with Crippen LogP contribution in [0.4, 0.5) is 10.5 Å². The van der Waals surface area contributed by atoms with Crippen LogP contribution in [0.2, 0.25) is 0 Å². The summed E-state index contributed by atoms with van der Waals surface area (Å²) in [7, 11) is 0. The van der Waals surface area contributed by atoms with Crippen molar-refractivity contribution in [3.05, 3.63) is 53.9 Å². The van der Waals surface area contributed by atoms with E-state index in [9.17, 15) is 4.79 Å². The minimum absolute atomic E-state index is 0.0169. The molecule has 1 atom stereocenters. The first-order valence-electron chi connectivity index (χ1n) is 7.85. The lowest BCUT2D eigenvalue weighted by Gasteiger charge is -2.39. The molecule has 1 N–H and O–H groups in total. The summed E-state index contributed by atoms with van der Waals surface area (Å²) in [5.74, 6) is 0.372. The minimum Gasteiger partial charge on any atom is -0.348 e. The fourth-order valence-electron chi connectivity index (χ4n) is 3.26. The maximum atomic E-state index is 12.7. The minimum atomic E-state index is -0.0169. The van der Waals surface area contributed by atoms with Crippen LogP contribution in [-0.2, 0) is 6.54 Å². The van der Waals surface area contributed by atoms with E-state index in [1.807, 2.05) is 36.1 Å². The van der Waals surface area contributed by atoms with Crippen LogP contribution in [0.25, 0.3) is 0 Å². The normalized spacial score (nSPS) is 17.5. The van der Waals surface area contributed by atoms with Gasteiger partial charge >= 0.3 is 6.03 Å². The molecule has 1 aromatic heterocycles. The number of amides is 2. The van der Waals surface area contributed by atoms with Crippen molar-refractivity contribution < 1.29 is 4.79 Å². The van der Waals surface area contributed by atoms with Crippen LogP contribution in [0.1, 0.15) is 31.1 Å². The number of fused-ring (bicyclic) bond motifs is 1. The SMILES string of the molecule is Cc1cccc(NC(=O)N2CCn3cccc3C2C(C)C)c1. The summed E-state index contributed by atoms with van der Waals surface area (Å²) < 4.78 is 2.25. The van der Waals surface area contributed by atoms with Crippen molar-refractivity contribution in [1.29, 1.82) is 0 Å². The van der Waals surface area contributed by atoms with Gasteiger partial charge in [0.25, 0.3) is 0 Å². The van der Waals surface area contributed by atoms with Gasteiger partial charge in [0.15, 0.2) is 0 Å². The first kappa shape index (κ1) is 14.7. The number of nitrogens with one attached hydrogen (secondary N) is 1. The van der Waals surface area contributed by atoms with Crippen LogP contribution in [-0.4, -0.2) is 22.0 Å². The third-order valence-electron chi connectivity index (χ3n) is 4.25. The number of rotatable bonds is 2. The molecule has 0 radical (unpaired) electrons. The Hall–Kier alpha value is -2.23. The Morgan fingerprint density at radius 2 is 2.05 bits per heavy atom. The Morgan fingerprint density at radius 3 is 2.77 bits per heavy atom. The summed E-state index contributed by atoms with van der Waals surface area (Å²) in [6.45, 7) is 7.95. The van der Waals surface area contributed by atoms with Crippen molar-refractivity contribution in [3.8, 4) is 0 Å². The molecule has 3 rings (SSSR count). The molecule has 0 bridgehead atoms. The summed E-state index contributed by atoms with van der Waals surface area (Å²) in [5.41, 5.74) is 3.22. The van der Waals surface area contributed by atoms with Gasteiger partial charge in [-0.2, -0.15) is 0 Å². The quantitative estimate of drug-likeness (QED) is 0.892. The number of benzene rings is 1. The van der Waals surface area contributed by atoms with E-state index in [1.54, 1.807) is 0 Å². The average molecular weight is 297 g/mol. The summed E-state index contributed by atoms with van der Waals surface area (Å²) in [6, 6.07) is 12.2. The van der Waals surface area contributed by atoms with E-state index in [-0.39, 0.29) is 12.1 Å². The second-order valence-electron chi connectivity index (χ2n) is 6.31. The number of hydrogen-bond acceptors (Lipinski definition) is 1. The standard InChI is InChI=1S/C18H23N3O/c1-13(2)17-16-8-5-9-20(16)10-11-21(17)18(22)19-15-7-4-6-14(3)12-15/h4-9,12-13,17H,10-11H2,1-3H3,(H,19,22). The van der Waals surface area contributed by atoms with Gasteiger partial charge in [0, 0.05) is 30.7 Å². The smallest absolute Gasteiger partial charge is 0.322 e. The Bertz CT molecular complexity index is 674. The zero-order valence-electron chi connectivity index (χ0n) is 13.4. The third-order valence-corrected chi connectivity index (χ3v) is 4.25. The molecule has 0 aliphatic carbocycles. The number of hydrogen-bond donors (Lipinski definition) is 1. The second kappa shape index (κ2) is 5.87. The van der Waals surface area contributed by atoms with E-state index < -0.39 is 0 Å². The van der Waals surface area contributed by atoms with Crippen molar-refractivity contribution >= 4 is 11.7 Å². The first-order chi connectivity index (χ1) is 10.6. The Balaban J connectivity index is 1.82. The topological polar surface area (TPSA) is 37.3 Å². The van der Waals surface area contributed by atoms with Gasteiger partial charge in [-0.3, -0.25) is 0 Å². The van der Waals surface area contributed by atoms with Crippen LogP contribution in [0, 0.1) is 12.8 Å². The molecule has 0 saturated heterocycles. The molecule has 2 aromatic rings. The van der Waals surface area contributed by atoms with Crippen LogP contribution in [0.15, 0.2) is 42.6 Å². The van der Waals surface area contributed by atoms with Gasteiger partial charge in [-0.1, -0.05) is 26.0 Å². The predicted octanol–water partition coefficient (Wildman–Crippen LogP) is 4.04. The maximum Gasteiger partial charge on any atom is 0.322 e. The number of carbonyl (C=O) groups is 1. The summed E-state index contributed by atoms with van der Waals surface area (Å²) in [4.78, 5) is 14.7. The molecule has 0 spiro atoms. The largest absolute Gasteiger partial charge is 0.348 e. The molecule has 1 aromatic carbocycles. The third kappa shape index (κ3) is 2.73. The molecule has 4 nitrogen and oxygen atoms in total. The summed E-state index contributed by atoms with van der Waals surface area (Å²) >= 11 is 0. The van der Waals surface area contributed by atoms with E-state index in [2.05, 4.69) is 42.1 Å². The lowest BCUT2D eigenvalue weighted by molar-refractivity contribution is 0.144. The molecule has 2 heterocycles. The van der Waals surface area contributed by atoms with E-state index in [4.69, 9.17) is 0 Å². The monoisotopic (exact) mass is 297 g/mol. The van der Waals surface area contributed by atoms with Gasteiger partial charge < -0.3 is 14.8 Å². The number of aryl methyl sites for hydroxylation is 1.